The standard InChI is InChI=1S/C58H67FN4O15/c1-26-12-11-13-27(2)54(71)60-42-45(62-20-18-58(25-62)17-19-61(24-58)44-29(4)43-35(34-14-15-34)22-36(56(73)74)55(72)63(43)23-37(44)59)50(69)39-40(49(42)68)48(67)32(7)52-41(39)53(70)57(9,78-52)76-21-16-38(75-10)28(3)51(77-33(8)64)31(6)47(66)30(5)46(26)65/h11-13,16,21-23,26,28,30-31,34,38,46-47,51,65-67H,14-15,17-20,24-25H2,1-10H3,(H,60,71)(H,73,74)/b12-11+,21-16+,27-13+/t26-,28+,30+,31+,38-,46+,47+,51-,57+,58?/m1/s1. The molecule has 7 heterocycles. The van der Waals surface area contributed by atoms with Gasteiger partial charge in [-0.2, -0.15) is 0 Å². The number of nitrogens with one attached hydrogen (secondary N) is 1. The van der Waals surface area contributed by atoms with E-state index in [4.69, 9.17) is 18.9 Å². The number of ketones is 3. The van der Waals surface area contributed by atoms with E-state index in [9.17, 15) is 44.4 Å². The van der Waals surface area contributed by atoms with Gasteiger partial charge < -0.3 is 54.5 Å². The Morgan fingerprint density at radius 1 is 0.872 bits per heavy atom. The second-order valence-corrected chi connectivity index (χ2v) is 22.4. The summed E-state index contributed by atoms with van der Waals surface area (Å²) < 4.78 is 41.4. The molecule has 3 fully saturated rings. The molecule has 10 atom stereocenters. The van der Waals surface area contributed by atoms with Crippen LogP contribution in [0.1, 0.15) is 138 Å². The Bertz CT molecular complexity index is 3280. The molecule has 1 unspecified atom stereocenters. The summed E-state index contributed by atoms with van der Waals surface area (Å²) in [5.41, 5.74) is -2.03. The Balaban J connectivity index is 1.11. The number of rotatable bonds is 6. The number of aromatic hydroxyl groups is 1. The number of phenolic OH excluding ortho intramolecular Hbond substituents is 1. The van der Waals surface area contributed by atoms with Crippen molar-refractivity contribution in [2.45, 2.75) is 124 Å². The van der Waals surface area contributed by atoms with Crippen LogP contribution in [0.5, 0.6) is 11.5 Å². The lowest BCUT2D eigenvalue weighted by molar-refractivity contribution is -0.160. The number of aryl methyl sites for hydroxylation is 1. The number of aliphatic hydroxyl groups excluding tert-OH is 2. The number of halogens is 1. The van der Waals surface area contributed by atoms with Gasteiger partial charge >= 0.3 is 17.7 Å². The van der Waals surface area contributed by atoms with Crippen LogP contribution in [0.15, 0.2) is 64.6 Å². The maximum absolute atomic E-state index is 16.5. The number of carbonyl (C=O) groups is 6. The first-order valence-electron chi connectivity index (χ1n) is 26.4. The first-order chi connectivity index (χ1) is 36.8. The van der Waals surface area contributed by atoms with Crippen LogP contribution in [-0.2, 0) is 23.8 Å². The van der Waals surface area contributed by atoms with Crippen molar-refractivity contribution in [3.63, 3.8) is 0 Å². The molecule has 2 saturated heterocycles. The summed E-state index contributed by atoms with van der Waals surface area (Å²) in [5.74, 6) is -12.0. The van der Waals surface area contributed by atoms with Crippen LogP contribution in [0, 0.1) is 48.8 Å². The van der Waals surface area contributed by atoms with Crippen LogP contribution in [0.4, 0.5) is 10.1 Å². The molecule has 19 nitrogen and oxygen atoms in total. The lowest BCUT2D eigenvalue weighted by Gasteiger charge is -2.38. The average molecular weight is 1080 g/mol. The van der Waals surface area contributed by atoms with Gasteiger partial charge in [0.1, 0.15) is 34.6 Å². The van der Waals surface area contributed by atoms with E-state index in [1.807, 2.05) is 4.90 Å². The maximum Gasteiger partial charge on any atom is 0.341 e. The van der Waals surface area contributed by atoms with Crippen molar-refractivity contribution in [3.05, 3.63) is 115 Å². The summed E-state index contributed by atoms with van der Waals surface area (Å²) in [6, 6.07) is 1.40. The third kappa shape index (κ3) is 9.37. The normalized spacial score (nSPS) is 31.3. The van der Waals surface area contributed by atoms with E-state index >= 15 is 14.0 Å². The van der Waals surface area contributed by atoms with Gasteiger partial charge in [-0.25, -0.2) is 9.18 Å². The number of ether oxygens (including phenoxy) is 4. The number of hydrogen-bond acceptors (Lipinski definition) is 16. The van der Waals surface area contributed by atoms with E-state index in [1.54, 1.807) is 51.7 Å². The zero-order valence-electron chi connectivity index (χ0n) is 45.4. The van der Waals surface area contributed by atoms with Crippen molar-refractivity contribution in [2.24, 2.45) is 29.1 Å². The van der Waals surface area contributed by atoms with Crippen LogP contribution < -0.4 is 20.5 Å². The predicted octanol–water partition coefficient (Wildman–Crippen LogP) is 6.20. The second kappa shape index (κ2) is 20.6. The topological polar surface area (TPSA) is 260 Å². The Labute approximate surface area is 450 Å². The number of fused-ring (bicyclic) bond motifs is 15. The highest BCUT2D eigenvalue weighted by Crippen LogP contribution is 2.51. The van der Waals surface area contributed by atoms with Crippen LogP contribution in [-0.4, -0.2) is 128 Å². The van der Waals surface area contributed by atoms with Crippen molar-refractivity contribution in [3.8, 4) is 11.5 Å². The summed E-state index contributed by atoms with van der Waals surface area (Å²) in [6.07, 6.45) is 6.67. The van der Waals surface area contributed by atoms with E-state index in [-0.39, 0.29) is 59.4 Å². The quantitative estimate of drug-likeness (QED) is 0.172. The molecule has 2 aliphatic carbocycles. The Kier molecular flexibility index (Phi) is 14.7. The minimum absolute atomic E-state index is 0.0117. The number of esters is 1. The fourth-order valence-corrected chi connectivity index (χ4v) is 12.5. The van der Waals surface area contributed by atoms with Gasteiger partial charge in [0.15, 0.2) is 5.82 Å². The molecular formula is C58H67FN4O15. The monoisotopic (exact) mass is 1080 g/mol. The van der Waals surface area contributed by atoms with Crippen LogP contribution in [0.3, 0.4) is 0 Å². The van der Waals surface area contributed by atoms with Crippen LogP contribution >= 0.6 is 0 Å². The van der Waals surface area contributed by atoms with Crippen molar-refractivity contribution in [2.75, 3.05) is 38.2 Å². The molecule has 78 heavy (non-hydrogen) atoms. The number of carboxylic acid groups (broad SMARTS) is 1. The van der Waals surface area contributed by atoms with Gasteiger partial charge in [-0.3, -0.25) is 33.2 Å². The van der Waals surface area contributed by atoms with Crippen molar-refractivity contribution in [1.82, 2.24) is 14.6 Å². The first kappa shape index (κ1) is 55.6. The molecule has 1 saturated carbocycles. The molecule has 3 aromatic rings. The molecule has 1 amide bonds. The number of likely N-dealkylation sites (tertiary alicyclic amines) is 1. The largest absolute Gasteiger partial charge is 0.507 e. The van der Waals surface area contributed by atoms with Gasteiger partial charge in [-0.1, -0.05) is 45.9 Å². The molecule has 416 valence electrons. The van der Waals surface area contributed by atoms with Gasteiger partial charge in [0.2, 0.25) is 11.6 Å². The molecule has 7 aliphatic rings. The number of aliphatic hydroxyl groups is 2. The maximum atomic E-state index is 16.5. The number of carbonyl (C=O) groups excluding carboxylic acids is 5. The number of allylic oxidation sites excluding steroid dienone is 4. The Hall–Kier alpha value is -7.16. The smallest absolute Gasteiger partial charge is 0.341 e. The number of methoxy groups -OCH3 is 1. The number of pyridine rings is 2. The molecule has 5 aliphatic heterocycles. The van der Waals surface area contributed by atoms with Gasteiger partial charge in [0, 0.05) is 87.4 Å². The predicted molar refractivity (Wildman–Crippen MR) is 281 cm³/mol. The molecule has 1 spiro atoms. The molecule has 2 aromatic heterocycles. The summed E-state index contributed by atoms with van der Waals surface area (Å²) in [5, 5.41) is 47.6. The van der Waals surface area contributed by atoms with Crippen molar-refractivity contribution >= 4 is 46.4 Å². The lowest BCUT2D eigenvalue weighted by Crippen LogP contribution is -2.46. The molecule has 0 radical (unpaired) electrons. The van der Waals surface area contributed by atoms with Gasteiger partial charge in [-0.15, -0.1) is 0 Å². The molecule has 10 rings (SSSR count). The number of aromatic nitrogens is 1. The van der Waals surface area contributed by atoms with E-state index in [1.165, 1.54) is 53.0 Å². The fraction of sp³-hybridized carbons (Fsp3) is 0.500. The van der Waals surface area contributed by atoms with E-state index in [2.05, 4.69) is 5.32 Å². The van der Waals surface area contributed by atoms with Crippen LogP contribution in [0.25, 0.3) is 5.52 Å². The number of carboxylic acids is 1. The number of nitrogens with zero attached hydrogens (tertiary/aromatic N) is 3. The second-order valence-electron chi connectivity index (χ2n) is 22.4. The zero-order valence-corrected chi connectivity index (χ0v) is 45.4. The number of aromatic carboxylic acids is 1. The Morgan fingerprint density at radius 3 is 2.18 bits per heavy atom. The fourth-order valence-electron chi connectivity index (χ4n) is 12.5. The Morgan fingerprint density at radius 2 is 1.54 bits per heavy atom. The van der Waals surface area contributed by atoms with Crippen molar-refractivity contribution < 1.29 is 72.5 Å². The van der Waals surface area contributed by atoms with Gasteiger partial charge in [-0.05, 0) is 75.6 Å². The molecule has 5 N–H and O–H groups in total. The minimum Gasteiger partial charge on any atom is -0.507 e. The number of Topliss-reactive ketones (excluding diaryl/α,β-unsaturated/α-hetero) is 3. The van der Waals surface area contributed by atoms with Gasteiger partial charge in [0.05, 0.1) is 58.7 Å². The summed E-state index contributed by atoms with van der Waals surface area (Å²) in [6.45, 7) is 14.9. The summed E-state index contributed by atoms with van der Waals surface area (Å²) in [4.78, 5) is 101. The third-order valence-electron chi connectivity index (χ3n) is 17.1. The molecule has 20 heteroatoms. The van der Waals surface area contributed by atoms with Gasteiger partial charge in [0.25, 0.3) is 17.2 Å². The SMILES string of the molecule is CO[C@@H]1/C=C/O[C@@]2(C)Oc3c(C)c(O)c4c(c3C2=O)C(=O)C(N2CCC3(CCN(c5c(F)cn6c(=O)c(C(=O)O)cc(C7CC7)c6c5C)C3)C2)=C(NC(=O)/C(C)=C/C=C/[C@@H](C)[C@H](O)[C@H](C)[C@H](O)[C@H](C)[C@H](OC(C)=O)[C@H]1C)C4=O. The lowest BCUT2D eigenvalue weighted by atomic mass is 9.78. The highest BCUT2D eigenvalue weighted by atomic mass is 19.1. The van der Waals surface area contributed by atoms with E-state index < -0.39 is 134 Å². The summed E-state index contributed by atoms with van der Waals surface area (Å²) >= 11 is 0. The van der Waals surface area contributed by atoms with E-state index in [0.29, 0.717) is 36.0 Å². The van der Waals surface area contributed by atoms with Crippen molar-refractivity contribution in [1.29, 1.82) is 0 Å². The number of amides is 1. The third-order valence-corrected chi connectivity index (χ3v) is 17.1. The van der Waals surface area contributed by atoms with Crippen LogP contribution in [0.2, 0.25) is 0 Å². The number of benzene rings is 1. The first-order valence-corrected chi connectivity index (χ1v) is 26.4. The number of phenols is 1. The van der Waals surface area contributed by atoms with E-state index in [0.717, 1.165) is 29.7 Å². The number of hydrogen-bond donors (Lipinski definition) is 5. The number of anilines is 1. The average Bonchev–Trinajstić information content (AvgIpc) is 3.93. The summed E-state index contributed by atoms with van der Waals surface area (Å²) in [7, 11) is 1.41. The zero-order chi connectivity index (χ0) is 56.8. The molecular weight excluding hydrogens is 1010 g/mol. The molecule has 1 aromatic carbocycles. The molecule has 5 bridgehead atoms. The highest BCUT2D eigenvalue weighted by molar-refractivity contribution is 6.32. The highest BCUT2D eigenvalue weighted by Gasteiger charge is 2.55. The minimum atomic E-state index is -2.18.